The third-order valence-electron chi connectivity index (χ3n) is 4.68. The first kappa shape index (κ1) is 22.0. The molecule has 3 aromatic heterocycles. The largest absolute Gasteiger partial charge is 0.461 e. The summed E-state index contributed by atoms with van der Waals surface area (Å²) in [6.07, 6.45) is 1.51. The maximum Gasteiger partial charge on any atom is 0.275 e. The van der Waals surface area contributed by atoms with Crippen molar-refractivity contribution >= 4 is 34.7 Å². The topological polar surface area (TPSA) is 85.8 Å². The summed E-state index contributed by atoms with van der Waals surface area (Å²) in [5.74, 6) is 0.0102. The second-order valence-electron chi connectivity index (χ2n) is 6.95. The van der Waals surface area contributed by atoms with E-state index < -0.39 is 11.7 Å². The molecule has 1 N–H and O–H groups in total. The van der Waals surface area contributed by atoms with Gasteiger partial charge in [-0.25, -0.2) is 13.8 Å². The van der Waals surface area contributed by atoms with Gasteiger partial charge in [0.25, 0.3) is 5.91 Å². The molecule has 170 valence electrons. The number of carbonyl (C=O) groups excluding carboxylic acids is 1. The van der Waals surface area contributed by atoms with Crippen LogP contribution in [-0.2, 0) is 5.75 Å². The molecular formula is C23H15F2N5O2S2. The second kappa shape index (κ2) is 9.57. The highest BCUT2D eigenvalue weighted by Crippen LogP contribution is 2.31. The normalized spacial score (nSPS) is 11.0. The van der Waals surface area contributed by atoms with E-state index in [0.717, 1.165) is 0 Å². The van der Waals surface area contributed by atoms with Crippen LogP contribution in [0.1, 0.15) is 15.5 Å². The van der Waals surface area contributed by atoms with Crippen LogP contribution in [0, 0.1) is 11.6 Å². The standard InChI is InChI=1S/C23H15F2N5O2S2/c24-14-7-9-15(10-8-14)26-22(31)17-12-33-20(27-17)13-34-23-29-28-21(19-6-3-11-32-19)30(23)18-5-2-1-4-16(18)25/h1-12H,13H2,(H,26,31). The second-order valence-corrected chi connectivity index (χ2v) is 8.83. The SMILES string of the molecule is O=C(Nc1ccc(F)cc1)c1csc(CSc2nnc(-c3ccco3)n2-c2ccccc2F)n1. The van der Waals surface area contributed by atoms with E-state index in [2.05, 4.69) is 20.5 Å². The zero-order chi connectivity index (χ0) is 23.5. The summed E-state index contributed by atoms with van der Waals surface area (Å²) in [5, 5.41) is 13.9. The van der Waals surface area contributed by atoms with E-state index in [1.807, 2.05) is 0 Å². The van der Waals surface area contributed by atoms with Crippen molar-refractivity contribution in [2.75, 3.05) is 5.32 Å². The quantitative estimate of drug-likeness (QED) is 0.287. The Hall–Kier alpha value is -3.83. The van der Waals surface area contributed by atoms with Crippen LogP contribution < -0.4 is 5.32 Å². The van der Waals surface area contributed by atoms with Gasteiger partial charge in [-0.3, -0.25) is 9.36 Å². The third kappa shape index (κ3) is 4.61. The van der Waals surface area contributed by atoms with Gasteiger partial charge in [-0.15, -0.1) is 21.5 Å². The molecule has 5 aromatic rings. The summed E-state index contributed by atoms with van der Waals surface area (Å²) >= 11 is 2.62. The van der Waals surface area contributed by atoms with Crippen LogP contribution >= 0.6 is 23.1 Å². The lowest BCUT2D eigenvalue weighted by Crippen LogP contribution is -2.12. The van der Waals surface area contributed by atoms with Gasteiger partial charge in [-0.05, 0) is 48.5 Å². The Morgan fingerprint density at radius 2 is 1.88 bits per heavy atom. The molecule has 0 aliphatic carbocycles. The number of thiazole rings is 1. The number of nitrogens with zero attached hydrogens (tertiary/aromatic N) is 4. The van der Waals surface area contributed by atoms with Crippen molar-refractivity contribution in [2.24, 2.45) is 0 Å². The molecule has 0 aliphatic rings. The van der Waals surface area contributed by atoms with Gasteiger partial charge < -0.3 is 9.73 Å². The molecule has 2 aromatic carbocycles. The molecule has 34 heavy (non-hydrogen) atoms. The molecule has 5 rings (SSSR count). The number of rotatable bonds is 7. The Morgan fingerprint density at radius 3 is 2.65 bits per heavy atom. The fraction of sp³-hybridized carbons (Fsp3) is 0.0435. The third-order valence-corrected chi connectivity index (χ3v) is 6.65. The molecule has 0 aliphatic heterocycles. The number of carbonyl (C=O) groups is 1. The molecule has 0 atom stereocenters. The fourth-order valence-corrected chi connectivity index (χ4v) is 4.85. The van der Waals surface area contributed by atoms with Crippen molar-refractivity contribution in [3.05, 3.63) is 94.6 Å². The Bertz CT molecular complexity index is 1430. The Kier molecular flexibility index (Phi) is 6.19. The van der Waals surface area contributed by atoms with Gasteiger partial charge in [0, 0.05) is 11.1 Å². The van der Waals surface area contributed by atoms with Crippen molar-refractivity contribution in [3.63, 3.8) is 0 Å². The molecule has 11 heteroatoms. The smallest absolute Gasteiger partial charge is 0.275 e. The minimum Gasteiger partial charge on any atom is -0.461 e. The van der Waals surface area contributed by atoms with Crippen molar-refractivity contribution in [1.82, 2.24) is 19.7 Å². The maximum atomic E-state index is 14.6. The molecule has 1 amide bonds. The molecule has 0 unspecified atom stereocenters. The van der Waals surface area contributed by atoms with Gasteiger partial charge in [0.05, 0.1) is 17.7 Å². The van der Waals surface area contributed by atoms with Crippen molar-refractivity contribution in [3.8, 4) is 17.3 Å². The lowest BCUT2D eigenvalue weighted by Gasteiger charge is -2.09. The summed E-state index contributed by atoms with van der Waals surface area (Å²) in [4.78, 5) is 16.8. The highest BCUT2D eigenvalue weighted by Gasteiger charge is 2.21. The molecule has 3 heterocycles. The molecule has 0 fully saturated rings. The van der Waals surface area contributed by atoms with Crippen molar-refractivity contribution < 1.29 is 18.0 Å². The summed E-state index contributed by atoms with van der Waals surface area (Å²) in [6.45, 7) is 0. The number of aromatic nitrogens is 4. The van der Waals surface area contributed by atoms with E-state index >= 15 is 0 Å². The van der Waals surface area contributed by atoms with E-state index in [4.69, 9.17) is 4.42 Å². The molecule has 0 saturated carbocycles. The summed E-state index contributed by atoms with van der Waals surface area (Å²) in [6, 6.07) is 15.3. The first-order chi connectivity index (χ1) is 16.6. The first-order valence-electron chi connectivity index (χ1n) is 9.97. The van der Waals surface area contributed by atoms with Crippen LogP contribution in [-0.4, -0.2) is 25.7 Å². The van der Waals surface area contributed by atoms with Crippen LogP contribution in [0.15, 0.2) is 81.9 Å². The molecule has 0 saturated heterocycles. The lowest BCUT2D eigenvalue weighted by molar-refractivity contribution is 0.102. The van der Waals surface area contributed by atoms with E-state index in [0.29, 0.717) is 38.9 Å². The van der Waals surface area contributed by atoms with Gasteiger partial charge in [0.2, 0.25) is 5.82 Å². The first-order valence-corrected chi connectivity index (χ1v) is 11.8. The van der Waals surface area contributed by atoms with Crippen LogP contribution in [0.4, 0.5) is 14.5 Å². The monoisotopic (exact) mass is 495 g/mol. The van der Waals surface area contributed by atoms with Gasteiger partial charge >= 0.3 is 0 Å². The molecular weight excluding hydrogens is 480 g/mol. The van der Waals surface area contributed by atoms with E-state index in [9.17, 15) is 13.6 Å². The minimum atomic E-state index is -0.425. The molecule has 0 spiro atoms. The number of furan rings is 1. The van der Waals surface area contributed by atoms with Crippen LogP contribution in [0.2, 0.25) is 0 Å². The van der Waals surface area contributed by atoms with Crippen LogP contribution in [0.25, 0.3) is 17.3 Å². The number of amides is 1. The van der Waals surface area contributed by atoms with Gasteiger partial charge in [-0.1, -0.05) is 23.9 Å². The number of nitrogens with one attached hydrogen (secondary N) is 1. The number of para-hydroxylation sites is 1. The number of hydrogen-bond donors (Lipinski definition) is 1. The van der Waals surface area contributed by atoms with Crippen molar-refractivity contribution in [1.29, 1.82) is 0 Å². The number of halogens is 2. The predicted octanol–water partition coefficient (Wildman–Crippen LogP) is 5.81. The zero-order valence-electron chi connectivity index (χ0n) is 17.3. The summed E-state index contributed by atoms with van der Waals surface area (Å²) in [5.41, 5.74) is 1.01. The van der Waals surface area contributed by atoms with E-state index in [1.165, 1.54) is 59.7 Å². The van der Waals surface area contributed by atoms with Crippen LogP contribution in [0.5, 0.6) is 0 Å². The average molecular weight is 496 g/mol. The Morgan fingerprint density at radius 1 is 1.06 bits per heavy atom. The molecule has 0 radical (unpaired) electrons. The number of thioether (sulfide) groups is 1. The fourth-order valence-electron chi connectivity index (χ4n) is 3.12. The maximum absolute atomic E-state index is 14.6. The summed E-state index contributed by atoms with van der Waals surface area (Å²) < 4.78 is 34.7. The van der Waals surface area contributed by atoms with Gasteiger partial charge in [-0.2, -0.15) is 0 Å². The number of hydrogen-bond acceptors (Lipinski definition) is 7. The van der Waals surface area contributed by atoms with Crippen molar-refractivity contribution in [2.45, 2.75) is 10.9 Å². The van der Waals surface area contributed by atoms with Gasteiger partial charge in [0.1, 0.15) is 22.3 Å². The molecule has 7 nitrogen and oxygen atoms in total. The highest BCUT2D eigenvalue weighted by molar-refractivity contribution is 7.98. The zero-order valence-corrected chi connectivity index (χ0v) is 18.9. The average Bonchev–Trinajstić information content (AvgIpc) is 3.60. The van der Waals surface area contributed by atoms with Crippen LogP contribution in [0.3, 0.4) is 0 Å². The Labute approximate surface area is 200 Å². The predicted molar refractivity (Wildman–Crippen MR) is 125 cm³/mol. The van der Waals surface area contributed by atoms with E-state index in [-0.39, 0.29) is 11.5 Å². The Balaban J connectivity index is 1.35. The molecule has 0 bridgehead atoms. The highest BCUT2D eigenvalue weighted by atomic mass is 32.2. The van der Waals surface area contributed by atoms with E-state index in [1.54, 1.807) is 40.3 Å². The lowest BCUT2D eigenvalue weighted by atomic mass is 10.3. The van der Waals surface area contributed by atoms with Gasteiger partial charge in [0.15, 0.2) is 10.9 Å². The number of anilines is 1. The minimum absolute atomic E-state index is 0.247. The number of benzene rings is 2. The summed E-state index contributed by atoms with van der Waals surface area (Å²) in [7, 11) is 0.